The normalized spacial score (nSPS) is 27.3. The highest BCUT2D eigenvalue weighted by atomic mass is 35.5. The number of rotatable bonds is 4. The molecule has 0 bridgehead atoms. The third-order valence-corrected chi connectivity index (χ3v) is 7.91. The van der Waals surface area contributed by atoms with Gasteiger partial charge in [0.05, 0.1) is 84.5 Å². The molecule has 2 aliphatic heterocycles. The van der Waals surface area contributed by atoms with E-state index in [4.69, 9.17) is 40.2 Å². The van der Waals surface area contributed by atoms with Crippen molar-refractivity contribution in [1.82, 2.24) is 9.32 Å². The van der Waals surface area contributed by atoms with E-state index in [2.05, 4.69) is 0 Å². The number of hydrogen-bond donors (Lipinski definition) is 0. The smallest absolute Gasteiger partial charge is 0.246 e. The molecule has 1 atom stereocenters. The molecule has 1 amide bonds. The van der Waals surface area contributed by atoms with Gasteiger partial charge < -0.3 is 33.3 Å². The first-order chi connectivity index (χ1) is 16.0. The van der Waals surface area contributed by atoms with Crippen molar-refractivity contribution in [2.45, 2.75) is 45.0 Å². The topological polar surface area (TPSA) is 113 Å². The lowest BCUT2D eigenvalue weighted by Crippen LogP contribution is -2.49. The lowest BCUT2D eigenvalue weighted by atomic mass is 10.1. The standard InChI is InChI=1S/C21H39ClN2O9S/c1-20(2)19(25)23(21(3,4)24(20)22)17-34(26,27)16-18-15-32-12-11-30-8-7-28-5-6-29-9-10-31-13-14-33-18/h18H,5-17H2,1-4H3. The van der Waals surface area contributed by atoms with Crippen LogP contribution in [-0.2, 0) is 43.1 Å². The molecule has 0 aromatic rings. The van der Waals surface area contributed by atoms with E-state index in [1.54, 1.807) is 27.7 Å². The van der Waals surface area contributed by atoms with Gasteiger partial charge in [-0.1, -0.05) is 0 Å². The molecule has 0 saturated carbocycles. The van der Waals surface area contributed by atoms with Crippen LogP contribution < -0.4 is 0 Å². The molecule has 0 N–H and O–H groups in total. The van der Waals surface area contributed by atoms with E-state index in [9.17, 15) is 13.2 Å². The lowest BCUT2D eigenvalue weighted by molar-refractivity contribution is -0.132. The zero-order chi connectivity index (χ0) is 25.2. The molecule has 2 heterocycles. The van der Waals surface area contributed by atoms with Crippen molar-refractivity contribution in [3.63, 3.8) is 0 Å². The summed E-state index contributed by atoms with van der Waals surface area (Å²) in [6.45, 7) is 10.6. The maximum Gasteiger partial charge on any atom is 0.246 e. The van der Waals surface area contributed by atoms with Crippen LogP contribution in [0, 0.1) is 0 Å². The van der Waals surface area contributed by atoms with Crippen molar-refractivity contribution in [2.75, 3.05) is 84.3 Å². The monoisotopic (exact) mass is 530 g/mol. The van der Waals surface area contributed by atoms with Crippen LogP contribution in [0.4, 0.5) is 0 Å². The Bertz CT molecular complexity index is 718. The van der Waals surface area contributed by atoms with Crippen molar-refractivity contribution in [3.05, 3.63) is 0 Å². The Morgan fingerprint density at radius 3 is 1.71 bits per heavy atom. The Kier molecular flexibility index (Phi) is 11.9. The molecule has 13 heteroatoms. The molecule has 2 saturated heterocycles. The third-order valence-electron chi connectivity index (χ3n) is 5.54. The molecule has 2 aliphatic rings. The second-order valence-electron chi connectivity index (χ2n) is 9.12. The first-order valence-corrected chi connectivity index (χ1v) is 13.6. The summed E-state index contributed by atoms with van der Waals surface area (Å²) >= 11 is 6.36. The second-order valence-corrected chi connectivity index (χ2v) is 11.5. The van der Waals surface area contributed by atoms with Crippen LogP contribution in [0.1, 0.15) is 27.7 Å². The number of sulfone groups is 1. The summed E-state index contributed by atoms with van der Waals surface area (Å²) in [5.41, 5.74) is -1.99. The summed E-state index contributed by atoms with van der Waals surface area (Å²) in [4.78, 5) is 14.2. The van der Waals surface area contributed by atoms with E-state index in [1.807, 2.05) is 0 Å². The average Bonchev–Trinajstić information content (AvgIpc) is 2.87. The van der Waals surface area contributed by atoms with Crippen LogP contribution >= 0.6 is 11.8 Å². The SMILES string of the molecule is CC1(C)C(=O)N(CS(=O)(=O)CC2COCCOCCOCCOCCOCCO2)C(C)(C)N1Cl. The predicted molar refractivity (Wildman–Crippen MR) is 125 cm³/mol. The maximum absolute atomic E-state index is 13.1. The van der Waals surface area contributed by atoms with Crippen LogP contribution in [0.5, 0.6) is 0 Å². The lowest BCUT2D eigenvalue weighted by Gasteiger charge is -2.35. The van der Waals surface area contributed by atoms with Crippen molar-refractivity contribution in [2.24, 2.45) is 0 Å². The largest absolute Gasteiger partial charge is 0.377 e. The van der Waals surface area contributed by atoms with Crippen molar-refractivity contribution >= 4 is 27.5 Å². The van der Waals surface area contributed by atoms with Crippen molar-refractivity contribution < 1.29 is 41.6 Å². The average molecular weight is 531 g/mol. The van der Waals surface area contributed by atoms with Crippen LogP contribution in [-0.4, -0.2) is 125 Å². The Balaban J connectivity index is 1.95. The molecular formula is C21H39ClN2O9S. The van der Waals surface area contributed by atoms with E-state index in [0.29, 0.717) is 46.2 Å². The van der Waals surface area contributed by atoms with Gasteiger partial charge in [0.1, 0.15) is 17.1 Å². The molecule has 0 radical (unpaired) electrons. The Hall–Kier alpha value is -0.570. The molecule has 0 aromatic heterocycles. The van der Waals surface area contributed by atoms with Gasteiger partial charge in [-0.05, 0) is 39.5 Å². The van der Waals surface area contributed by atoms with Gasteiger partial charge in [0.15, 0.2) is 9.84 Å². The number of ether oxygens (including phenoxy) is 6. The van der Waals surface area contributed by atoms with Gasteiger partial charge in [-0.2, -0.15) is 4.42 Å². The number of halogens is 1. The fourth-order valence-corrected chi connectivity index (χ4v) is 5.57. The van der Waals surface area contributed by atoms with Crippen LogP contribution in [0.3, 0.4) is 0 Å². The molecule has 2 rings (SSSR count). The van der Waals surface area contributed by atoms with E-state index < -0.39 is 33.0 Å². The number of carbonyl (C=O) groups excluding carboxylic acids is 1. The zero-order valence-electron chi connectivity index (χ0n) is 20.6. The van der Waals surface area contributed by atoms with Gasteiger partial charge in [0.25, 0.3) is 0 Å². The zero-order valence-corrected chi connectivity index (χ0v) is 22.2. The molecule has 11 nitrogen and oxygen atoms in total. The van der Waals surface area contributed by atoms with E-state index in [-0.39, 0.29) is 38.1 Å². The first kappa shape index (κ1) is 29.7. The Morgan fingerprint density at radius 1 is 0.824 bits per heavy atom. The highest BCUT2D eigenvalue weighted by Crippen LogP contribution is 2.40. The molecule has 2 fully saturated rings. The Labute approximate surface area is 207 Å². The van der Waals surface area contributed by atoms with E-state index >= 15 is 0 Å². The third kappa shape index (κ3) is 8.82. The van der Waals surface area contributed by atoms with Gasteiger partial charge in [-0.25, -0.2) is 8.42 Å². The molecule has 34 heavy (non-hydrogen) atoms. The summed E-state index contributed by atoms with van der Waals surface area (Å²) in [6, 6.07) is 0. The predicted octanol–water partition coefficient (Wildman–Crippen LogP) is 0.653. The number of hydrogen-bond acceptors (Lipinski definition) is 10. The van der Waals surface area contributed by atoms with Gasteiger partial charge >= 0.3 is 0 Å². The summed E-state index contributed by atoms with van der Waals surface area (Å²) in [5, 5.41) is 0. The molecular weight excluding hydrogens is 492 g/mol. The summed E-state index contributed by atoms with van der Waals surface area (Å²) < 4.78 is 60.5. The minimum absolute atomic E-state index is 0.0622. The number of amides is 1. The number of nitrogens with zero attached hydrogens (tertiary/aromatic N) is 2. The minimum Gasteiger partial charge on any atom is -0.377 e. The van der Waals surface area contributed by atoms with Gasteiger partial charge in [-0.3, -0.25) is 4.79 Å². The Morgan fingerprint density at radius 2 is 1.26 bits per heavy atom. The summed E-state index contributed by atoms with van der Waals surface area (Å²) in [6.07, 6.45) is -0.729. The molecule has 0 aliphatic carbocycles. The molecule has 1 unspecified atom stereocenters. The van der Waals surface area contributed by atoms with E-state index in [0.717, 1.165) is 0 Å². The maximum atomic E-state index is 13.1. The van der Waals surface area contributed by atoms with Crippen LogP contribution in [0.25, 0.3) is 0 Å². The molecule has 0 spiro atoms. The quantitative estimate of drug-likeness (QED) is 0.480. The molecule has 0 aromatic carbocycles. The molecule has 200 valence electrons. The fraction of sp³-hybridized carbons (Fsp3) is 0.952. The van der Waals surface area contributed by atoms with Crippen molar-refractivity contribution in [3.8, 4) is 0 Å². The van der Waals surface area contributed by atoms with Gasteiger partial charge in [0.2, 0.25) is 5.91 Å². The minimum atomic E-state index is -3.73. The second kappa shape index (κ2) is 13.7. The number of carbonyl (C=O) groups is 1. The van der Waals surface area contributed by atoms with E-state index in [1.165, 1.54) is 9.32 Å². The van der Waals surface area contributed by atoms with Crippen molar-refractivity contribution in [1.29, 1.82) is 0 Å². The van der Waals surface area contributed by atoms with Gasteiger partial charge in [0, 0.05) is 0 Å². The summed E-state index contributed by atoms with van der Waals surface area (Å²) in [5.74, 6) is -1.13. The fourth-order valence-electron chi connectivity index (χ4n) is 3.71. The van der Waals surface area contributed by atoms with Crippen LogP contribution in [0.2, 0.25) is 0 Å². The van der Waals surface area contributed by atoms with Crippen LogP contribution in [0.15, 0.2) is 0 Å². The highest BCUT2D eigenvalue weighted by Gasteiger charge is 2.57. The van der Waals surface area contributed by atoms with Gasteiger partial charge in [-0.15, -0.1) is 0 Å². The summed E-state index contributed by atoms with van der Waals surface area (Å²) in [7, 11) is -3.73. The first-order valence-electron chi connectivity index (χ1n) is 11.5. The highest BCUT2D eigenvalue weighted by molar-refractivity contribution is 7.91.